The van der Waals surface area contributed by atoms with Crippen LogP contribution in [-0.4, -0.2) is 15.1 Å². The van der Waals surface area contributed by atoms with Crippen LogP contribution in [0.2, 0.25) is 0 Å². The molecule has 2 heterocycles. The average molecular weight is 707 g/mol. The van der Waals surface area contributed by atoms with Gasteiger partial charge in [-0.25, -0.2) is 4.98 Å². The van der Waals surface area contributed by atoms with Crippen molar-refractivity contribution in [3.63, 3.8) is 0 Å². The van der Waals surface area contributed by atoms with E-state index in [2.05, 4.69) is 93.6 Å². The first-order valence-electron chi connectivity index (χ1n) is 12.6. The second-order valence-corrected chi connectivity index (χ2v) is 11.5. The fourth-order valence-electron chi connectivity index (χ4n) is 4.63. The van der Waals surface area contributed by atoms with E-state index in [0.717, 1.165) is 54.3 Å². The van der Waals surface area contributed by atoms with Gasteiger partial charge < -0.3 is 5.11 Å². The zero-order chi connectivity index (χ0) is 26.3. The van der Waals surface area contributed by atoms with Crippen LogP contribution in [0.4, 0.5) is 0 Å². The van der Waals surface area contributed by atoms with Gasteiger partial charge >= 0.3 is 0 Å². The van der Waals surface area contributed by atoms with Gasteiger partial charge in [0.2, 0.25) is 0 Å². The van der Waals surface area contributed by atoms with Crippen molar-refractivity contribution in [3.05, 3.63) is 115 Å². The van der Waals surface area contributed by atoms with E-state index in [1.54, 1.807) is 17.4 Å². The molecule has 4 aromatic carbocycles. The van der Waals surface area contributed by atoms with Crippen molar-refractivity contribution in [2.45, 2.75) is 26.2 Å². The smallest absolute Gasteiger partial charge is 0.127 e. The van der Waals surface area contributed by atoms with Gasteiger partial charge in [0.1, 0.15) is 10.8 Å². The molecule has 0 saturated heterocycles. The third-order valence-corrected chi connectivity index (χ3v) is 7.78. The van der Waals surface area contributed by atoms with E-state index in [-0.39, 0.29) is 32.2 Å². The van der Waals surface area contributed by atoms with Gasteiger partial charge in [0.05, 0.1) is 11.1 Å². The van der Waals surface area contributed by atoms with E-state index < -0.39 is 0 Å². The number of pyridine rings is 1. The van der Waals surface area contributed by atoms with Crippen LogP contribution >= 0.6 is 11.3 Å². The summed E-state index contributed by atoms with van der Waals surface area (Å²) in [5, 5.41) is 11.2. The normalized spacial score (nSPS) is 11.4. The fourth-order valence-corrected chi connectivity index (χ4v) is 5.66. The number of hydrogen-bond acceptors (Lipinski definition) is 4. The number of fused-ring (bicyclic) bond motifs is 1. The molecule has 2 aromatic heterocycles. The summed E-state index contributed by atoms with van der Waals surface area (Å²) in [6.45, 7) is 6.64. The summed E-state index contributed by atoms with van der Waals surface area (Å²) in [4.78, 5) is 9.73. The topological polar surface area (TPSA) is 46.0 Å². The van der Waals surface area contributed by atoms with Crippen molar-refractivity contribution in [1.82, 2.24) is 9.97 Å². The average Bonchev–Trinajstić information content (AvgIpc) is 3.37. The number of benzene rings is 4. The molecule has 39 heavy (non-hydrogen) atoms. The summed E-state index contributed by atoms with van der Waals surface area (Å²) >= 11 is 1.58. The molecular formula is C34H27N2OPtS-. The molecule has 0 aliphatic carbocycles. The van der Waals surface area contributed by atoms with Gasteiger partial charge in [-0.3, -0.25) is 4.98 Å². The van der Waals surface area contributed by atoms with E-state index in [0.29, 0.717) is 0 Å². The van der Waals surface area contributed by atoms with Gasteiger partial charge in [-0.05, 0) is 40.8 Å². The number of phenols is 1. The van der Waals surface area contributed by atoms with E-state index in [1.807, 2.05) is 30.5 Å². The Kier molecular flexibility index (Phi) is 7.53. The second kappa shape index (κ2) is 10.9. The van der Waals surface area contributed by atoms with Gasteiger partial charge in [-0.15, -0.1) is 35.1 Å². The van der Waals surface area contributed by atoms with Crippen LogP contribution in [0.5, 0.6) is 5.75 Å². The van der Waals surface area contributed by atoms with Crippen molar-refractivity contribution < 1.29 is 26.2 Å². The maximum absolute atomic E-state index is 10.4. The summed E-state index contributed by atoms with van der Waals surface area (Å²) < 4.78 is 1.06. The molecule has 0 unspecified atom stereocenters. The number of nitrogens with zero attached hydrogens (tertiary/aromatic N) is 2. The van der Waals surface area contributed by atoms with Gasteiger partial charge in [-0.1, -0.05) is 98.1 Å². The largest absolute Gasteiger partial charge is 0.507 e. The first kappa shape index (κ1) is 27.0. The van der Waals surface area contributed by atoms with E-state index in [9.17, 15) is 5.11 Å². The minimum absolute atomic E-state index is 0. The first-order valence-corrected chi connectivity index (χ1v) is 13.5. The molecule has 0 atom stereocenters. The Morgan fingerprint density at radius 3 is 2.23 bits per heavy atom. The molecule has 0 bridgehead atoms. The van der Waals surface area contributed by atoms with Crippen LogP contribution in [0.3, 0.4) is 0 Å². The molecule has 0 radical (unpaired) electrons. The second-order valence-electron chi connectivity index (χ2n) is 10.4. The minimum atomic E-state index is 0. The Bertz CT molecular complexity index is 1770. The third-order valence-electron chi connectivity index (χ3n) is 6.72. The molecule has 196 valence electrons. The third kappa shape index (κ3) is 5.45. The van der Waals surface area contributed by atoms with Crippen molar-refractivity contribution in [2.75, 3.05) is 0 Å². The predicted molar refractivity (Wildman–Crippen MR) is 158 cm³/mol. The van der Waals surface area contributed by atoms with Crippen LogP contribution in [-0.2, 0) is 26.5 Å². The number of hydrogen-bond donors (Lipinski definition) is 1. The molecule has 0 saturated carbocycles. The van der Waals surface area contributed by atoms with E-state index in [1.165, 1.54) is 5.56 Å². The van der Waals surface area contributed by atoms with Gasteiger partial charge in [0.15, 0.2) is 0 Å². The summed E-state index contributed by atoms with van der Waals surface area (Å²) in [7, 11) is 0. The zero-order valence-electron chi connectivity index (χ0n) is 21.9. The molecule has 3 nitrogen and oxygen atoms in total. The number of para-hydroxylation sites is 2. The molecule has 6 aromatic rings. The molecular weight excluding hydrogens is 680 g/mol. The maximum atomic E-state index is 10.4. The number of phenolic OH excluding ortho intramolecular Hbond substituents is 1. The number of aromatic nitrogens is 2. The quantitative estimate of drug-likeness (QED) is 0.186. The molecule has 0 fully saturated rings. The van der Waals surface area contributed by atoms with Crippen molar-refractivity contribution >= 4 is 21.6 Å². The van der Waals surface area contributed by atoms with Gasteiger partial charge in [0, 0.05) is 37.7 Å². The molecule has 0 spiro atoms. The fraction of sp³-hybridized carbons (Fsp3) is 0.118. The Morgan fingerprint density at radius 1 is 0.744 bits per heavy atom. The molecule has 0 amide bonds. The summed E-state index contributed by atoms with van der Waals surface area (Å²) in [5.74, 6) is 0.234. The maximum Gasteiger partial charge on any atom is 0.127 e. The van der Waals surface area contributed by atoms with Crippen molar-refractivity contribution in [2.24, 2.45) is 0 Å². The van der Waals surface area contributed by atoms with Crippen LogP contribution in [0.15, 0.2) is 103 Å². The van der Waals surface area contributed by atoms with Crippen LogP contribution < -0.4 is 0 Å². The van der Waals surface area contributed by atoms with Gasteiger partial charge in [0.25, 0.3) is 0 Å². The first-order chi connectivity index (χ1) is 18.4. The SMILES string of the molecule is CC(C)(C)c1ccnc(-c2[c-]c(-c3cccc4sc(-c5ccccc5O)nc34)cc(-c3ccccc3)c2)c1.[Pt]. The Hall–Kier alpha value is -3.59. The molecule has 6 rings (SSSR count). The Balaban J connectivity index is 0.00000308. The standard InChI is InChI=1S/C34H27N2OS.Pt/c1-34(2,3)26-16-17-35-29(21-26)25-19-23(22-10-5-4-6-11-22)18-24(20-25)27-13-9-15-31-32(27)36-33(38-31)28-12-7-8-14-30(28)37;/h4-19,21,37H,1-3H3;/q-1;. The van der Waals surface area contributed by atoms with Crippen molar-refractivity contribution in [1.29, 1.82) is 0 Å². The minimum Gasteiger partial charge on any atom is -0.507 e. The number of thiazole rings is 1. The summed E-state index contributed by atoms with van der Waals surface area (Å²) in [6, 6.07) is 36.3. The van der Waals surface area contributed by atoms with E-state index in [4.69, 9.17) is 9.97 Å². The Labute approximate surface area is 247 Å². The Morgan fingerprint density at radius 2 is 1.46 bits per heavy atom. The number of aromatic hydroxyl groups is 1. The monoisotopic (exact) mass is 706 g/mol. The molecule has 0 aliphatic rings. The number of rotatable bonds is 4. The molecule has 5 heteroatoms. The summed E-state index contributed by atoms with van der Waals surface area (Å²) in [5.41, 5.74) is 8.94. The molecule has 1 N–H and O–H groups in total. The van der Waals surface area contributed by atoms with E-state index >= 15 is 0 Å². The van der Waals surface area contributed by atoms with Crippen LogP contribution in [0.1, 0.15) is 26.3 Å². The van der Waals surface area contributed by atoms with Crippen LogP contribution in [0.25, 0.3) is 54.3 Å². The predicted octanol–water partition coefficient (Wildman–Crippen LogP) is 9.16. The summed E-state index contributed by atoms with van der Waals surface area (Å²) in [6.07, 6.45) is 1.89. The van der Waals surface area contributed by atoms with Crippen LogP contribution in [0, 0.1) is 6.07 Å². The van der Waals surface area contributed by atoms with Crippen molar-refractivity contribution in [3.8, 4) is 49.8 Å². The zero-order valence-corrected chi connectivity index (χ0v) is 25.0. The van der Waals surface area contributed by atoms with Gasteiger partial charge in [-0.2, -0.15) is 0 Å². The molecule has 0 aliphatic heterocycles.